The van der Waals surface area contributed by atoms with E-state index in [9.17, 15) is 21.6 Å². The Bertz CT molecular complexity index is 1470. The van der Waals surface area contributed by atoms with Gasteiger partial charge in [-0.2, -0.15) is 0 Å². The fourth-order valence-corrected chi connectivity index (χ4v) is 5.35. The maximum absolute atomic E-state index is 13.2. The number of fused-ring (bicyclic) bond motifs is 1. The quantitative estimate of drug-likeness (QED) is 0.505. The molecule has 4 rings (SSSR count). The predicted molar refractivity (Wildman–Crippen MR) is 125 cm³/mol. The lowest BCUT2D eigenvalue weighted by molar-refractivity contribution is 0.0999. The van der Waals surface area contributed by atoms with Crippen LogP contribution >= 0.6 is 0 Å². The van der Waals surface area contributed by atoms with Gasteiger partial charge in [-0.15, -0.1) is 0 Å². The fourth-order valence-electron chi connectivity index (χ4n) is 4.27. The molecule has 0 saturated heterocycles. The van der Waals surface area contributed by atoms with Crippen molar-refractivity contribution in [2.75, 3.05) is 18.0 Å². The molecule has 4 N–H and O–H groups in total. The van der Waals surface area contributed by atoms with E-state index in [1.54, 1.807) is 24.3 Å². The third-order valence-corrected chi connectivity index (χ3v) is 7.70. The van der Waals surface area contributed by atoms with Gasteiger partial charge in [0.15, 0.2) is 5.78 Å². The van der Waals surface area contributed by atoms with E-state index < -0.39 is 20.0 Å². The first-order valence-corrected chi connectivity index (χ1v) is 13.2. The highest BCUT2D eigenvalue weighted by molar-refractivity contribution is 7.89. The first-order chi connectivity index (χ1) is 15.4. The molecule has 0 spiro atoms. The molecule has 0 aliphatic carbocycles. The highest BCUT2D eigenvalue weighted by Crippen LogP contribution is 2.30. The molecule has 0 bridgehead atoms. The molecule has 2 heterocycles. The summed E-state index contributed by atoms with van der Waals surface area (Å²) in [5, 5.41) is 10.4. The minimum absolute atomic E-state index is 0.0169. The van der Waals surface area contributed by atoms with Crippen LogP contribution in [0.2, 0.25) is 0 Å². The topological polar surface area (TPSA) is 146 Å². The number of sulfonamides is 2. The van der Waals surface area contributed by atoms with E-state index in [0.717, 1.165) is 28.3 Å². The number of aromatic nitrogens is 1. The van der Waals surface area contributed by atoms with Crippen LogP contribution in [0.15, 0.2) is 58.3 Å². The van der Waals surface area contributed by atoms with Crippen molar-refractivity contribution in [3.05, 3.63) is 71.0 Å². The summed E-state index contributed by atoms with van der Waals surface area (Å²) in [4.78, 5) is 15.2. The molecule has 174 valence electrons. The molecular weight excluding hydrogens is 464 g/mol. The molecule has 11 heteroatoms. The van der Waals surface area contributed by atoms with Crippen LogP contribution in [0.4, 0.5) is 5.69 Å². The number of Topliss-reactive ketones (excluding diaryl/α,β-unsaturated/α-hetero) is 1. The second kappa shape index (κ2) is 8.10. The van der Waals surface area contributed by atoms with Crippen molar-refractivity contribution in [3.63, 3.8) is 0 Å². The lowest BCUT2D eigenvalue weighted by Gasteiger charge is -2.19. The summed E-state index contributed by atoms with van der Waals surface area (Å²) in [5.74, 6) is -0.0705. The molecule has 1 aliphatic rings. The van der Waals surface area contributed by atoms with E-state index in [1.165, 1.54) is 18.2 Å². The van der Waals surface area contributed by atoms with Gasteiger partial charge in [0.2, 0.25) is 20.0 Å². The van der Waals surface area contributed by atoms with Gasteiger partial charge in [-0.1, -0.05) is 0 Å². The van der Waals surface area contributed by atoms with Gasteiger partial charge in [0.1, 0.15) is 0 Å². The fraction of sp³-hybridized carbons (Fsp3) is 0.227. The number of aryl methyl sites for hydroxylation is 1. The van der Waals surface area contributed by atoms with Crippen molar-refractivity contribution in [2.24, 2.45) is 10.3 Å². The first kappa shape index (κ1) is 23.2. The Hall–Kier alpha value is -2.99. The number of carbonyl (C=O) groups excluding carboxylic acids is 1. The largest absolute Gasteiger partial charge is 0.363 e. The lowest BCUT2D eigenvalue weighted by Crippen LogP contribution is -2.28. The van der Waals surface area contributed by atoms with Crippen LogP contribution in [-0.4, -0.2) is 40.3 Å². The smallest absolute Gasteiger partial charge is 0.238 e. The highest BCUT2D eigenvalue weighted by Gasteiger charge is 2.25. The second-order valence-electron chi connectivity index (χ2n) is 8.09. The Balaban J connectivity index is 1.59. The monoisotopic (exact) mass is 488 g/mol. The van der Waals surface area contributed by atoms with E-state index >= 15 is 0 Å². The highest BCUT2D eigenvalue weighted by atomic mass is 32.2. The van der Waals surface area contributed by atoms with Crippen LogP contribution in [0.5, 0.6) is 0 Å². The molecule has 0 atom stereocenters. The number of hydrogen-bond donors (Lipinski definition) is 2. The van der Waals surface area contributed by atoms with E-state index in [0.29, 0.717) is 18.5 Å². The first-order valence-electron chi connectivity index (χ1n) is 10.1. The number of benzene rings is 2. The van der Waals surface area contributed by atoms with Gasteiger partial charge in [0.05, 0.1) is 16.3 Å². The lowest BCUT2D eigenvalue weighted by atomic mass is 10.1. The van der Waals surface area contributed by atoms with Crippen molar-refractivity contribution in [3.8, 4) is 5.69 Å². The van der Waals surface area contributed by atoms with Crippen molar-refractivity contribution in [1.29, 1.82) is 0 Å². The Morgan fingerprint density at radius 1 is 0.909 bits per heavy atom. The van der Waals surface area contributed by atoms with Crippen molar-refractivity contribution in [2.45, 2.75) is 30.1 Å². The molecular formula is C22H24N4O5S2. The number of anilines is 1. The standard InChI is InChI=1S/C22H24N4O5S2/c1-14-11-20(15(2)26(14)17-3-5-18(6-4-17)32(23,28)29)22(27)13-25-10-9-16-12-19(33(24,30)31)7-8-21(16)25/h3-8,11-12H,9-10,13H2,1-2H3,(H2,23,28,29)(H2,24,30,31). The third-order valence-electron chi connectivity index (χ3n) is 5.86. The van der Waals surface area contributed by atoms with Crippen molar-refractivity contribution < 1.29 is 21.6 Å². The average molecular weight is 489 g/mol. The van der Waals surface area contributed by atoms with Gasteiger partial charge < -0.3 is 9.47 Å². The molecule has 9 nitrogen and oxygen atoms in total. The van der Waals surface area contributed by atoms with Gasteiger partial charge in [0, 0.05) is 34.9 Å². The maximum Gasteiger partial charge on any atom is 0.238 e. The van der Waals surface area contributed by atoms with Crippen molar-refractivity contribution >= 4 is 31.5 Å². The molecule has 33 heavy (non-hydrogen) atoms. The average Bonchev–Trinajstić information content (AvgIpc) is 3.26. The number of nitrogens with zero attached hydrogens (tertiary/aromatic N) is 2. The van der Waals surface area contributed by atoms with E-state index in [-0.39, 0.29) is 22.1 Å². The van der Waals surface area contributed by atoms with E-state index in [4.69, 9.17) is 10.3 Å². The molecule has 1 aliphatic heterocycles. The summed E-state index contributed by atoms with van der Waals surface area (Å²) in [6.07, 6.45) is 0.626. The summed E-state index contributed by atoms with van der Waals surface area (Å²) in [6.45, 7) is 4.46. The summed E-state index contributed by atoms with van der Waals surface area (Å²) < 4.78 is 48.1. The van der Waals surface area contributed by atoms with Crippen LogP contribution in [0.3, 0.4) is 0 Å². The zero-order valence-corrected chi connectivity index (χ0v) is 19.8. The minimum atomic E-state index is -3.79. The molecule has 1 aromatic heterocycles. The molecule has 0 radical (unpaired) electrons. The zero-order chi connectivity index (χ0) is 24.1. The van der Waals surface area contributed by atoms with Gasteiger partial charge >= 0.3 is 0 Å². The number of hydrogen-bond acceptors (Lipinski definition) is 6. The SMILES string of the molecule is Cc1cc(C(=O)CN2CCc3cc(S(N)(=O)=O)ccc32)c(C)n1-c1ccc(S(N)(=O)=O)cc1. The predicted octanol–water partition coefficient (Wildman–Crippen LogP) is 1.63. The molecule has 0 amide bonds. The Morgan fingerprint density at radius 3 is 2.12 bits per heavy atom. The Kier molecular flexibility index (Phi) is 5.69. The molecule has 0 fully saturated rings. The maximum atomic E-state index is 13.2. The number of rotatable bonds is 6. The molecule has 0 saturated carbocycles. The van der Waals surface area contributed by atoms with Crippen LogP contribution in [-0.2, 0) is 26.5 Å². The molecule has 3 aromatic rings. The molecule has 0 unspecified atom stereocenters. The minimum Gasteiger partial charge on any atom is -0.363 e. The summed E-state index contributed by atoms with van der Waals surface area (Å²) >= 11 is 0. The summed E-state index contributed by atoms with van der Waals surface area (Å²) in [5.41, 5.74) is 4.53. The van der Waals surface area contributed by atoms with Crippen LogP contribution in [0, 0.1) is 13.8 Å². The summed E-state index contributed by atoms with van der Waals surface area (Å²) in [7, 11) is -7.57. The van der Waals surface area contributed by atoms with Crippen LogP contribution < -0.4 is 15.2 Å². The van der Waals surface area contributed by atoms with E-state index in [2.05, 4.69) is 0 Å². The van der Waals surface area contributed by atoms with Crippen LogP contribution in [0.1, 0.15) is 27.3 Å². The summed E-state index contributed by atoms with van der Waals surface area (Å²) in [6, 6.07) is 12.7. The van der Waals surface area contributed by atoms with E-state index in [1.807, 2.05) is 29.4 Å². The number of carbonyl (C=O) groups is 1. The normalized spacial score (nSPS) is 13.9. The zero-order valence-electron chi connectivity index (χ0n) is 18.1. The van der Waals surface area contributed by atoms with Gasteiger partial charge in [0.25, 0.3) is 0 Å². The third kappa shape index (κ3) is 4.44. The Labute approximate surface area is 192 Å². The van der Waals surface area contributed by atoms with Crippen LogP contribution in [0.25, 0.3) is 5.69 Å². The van der Waals surface area contributed by atoms with Gasteiger partial charge in [-0.05, 0) is 74.4 Å². The molecule has 2 aromatic carbocycles. The number of ketones is 1. The number of primary sulfonamides is 2. The number of nitrogens with two attached hydrogens (primary N) is 2. The van der Waals surface area contributed by atoms with Gasteiger partial charge in [-0.3, -0.25) is 4.79 Å². The van der Waals surface area contributed by atoms with Crippen molar-refractivity contribution in [1.82, 2.24) is 4.57 Å². The van der Waals surface area contributed by atoms with Gasteiger partial charge in [-0.25, -0.2) is 27.1 Å². The Morgan fingerprint density at radius 2 is 1.52 bits per heavy atom. The second-order valence-corrected chi connectivity index (χ2v) is 11.2.